The Morgan fingerprint density at radius 3 is 2.37 bits per heavy atom. The SMILES string of the molecule is CCCCOc1ccc(/C(O)=C2/C(=O)C(=O)N(CCN(CC)CC)C2c2ccc(Cl)cc2)cc1C. The number of halogens is 1. The van der Waals surface area contributed by atoms with Crippen molar-refractivity contribution in [1.29, 1.82) is 0 Å². The van der Waals surface area contributed by atoms with Gasteiger partial charge in [-0.1, -0.05) is 50.9 Å². The number of likely N-dealkylation sites (N-methyl/N-ethyl adjacent to an activating group) is 1. The van der Waals surface area contributed by atoms with Gasteiger partial charge in [-0.25, -0.2) is 0 Å². The molecule has 2 aromatic rings. The first-order valence-corrected chi connectivity index (χ1v) is 12.7. The summed E-state index contributed by atoms with van der Waals surface area (Å²) in [5.74, 6) is -0.724. The highest BCUT2D eigenvalue weighted by Crippen LogP contribution is 2.40. The van der Waals surface area contributed by atoms with Crippen molar-refractivity contribution in [3.8, 4) is 5.75 Å². The van der Waals surface area contributed by atoms with Crippen molar-refractivity contribution in [2.45, 2.75) is 46.6 Å². The lowest BCUT2D eigenvalue weighted by atomic mass is 9.95. The summed E-state index contributed by atoms with van der Waals surface area (Å²) in [5, 5.41) is 11.9. The molecule has 188 valence electrons. The Labute approximate surface area is 213 Å². The second kappa shape index (κ2) is 12.2. The zero-order valence-corrected chi connectivity index (χ0v) is 21.8. The maximum Gasteiger partial charge on any atom is 0.295 e. The molecule has 1 unspecified atom stereocenters. The van der Waals surface area contributed by atoms with Crippen LogP contribution in [0.4, 0.5) is 0 Å². The maximum absolute atomic E-state index is 13.2. The van der Waals surface area contributed by atoms with Crippen LogP contribution in [0.1, 0.15) is 56.3 Å². The molecule has 1 fully saturated rings. The highest BCUT2D eigenvalue weighted by atomic mass is 35.5. The van der Waals surface area contributed by atoms with Gasteiger partial charge in [0, 0.05) is 23.7 Å². The van der Waals surface area contributed by atoms with Crippen molar-refractivity contribution in [3.05, 3.63) is 69.8 Å². The van der Waals surface area contributed by atoms with Crippen molar-refractivity contribution < 1.29 is 19.4 Å². The summed E-state index contributed by atoms with van der Waals surface area (Å²) in [4.78, 5) is 30.1. The molecule has 1 aliphatic heterocycles. The minimum atomic E-state index is -0.691. The van der Waals surface area contributed by atoms with Gasteiger partial charge in [0.15, 0.2) is 0 Å². The number of aryl methyl sites for hydroxylation is 1. The number of aliphatic hydroxyl groups excluding tert-OH is 1. The zero-order chi connectivity index (χ0) is 25.5. The van der Waals surface area contributed by atoms with Crippen molar-refractivity contribution in [1.82, 2.24) is 9.80 Å². The number of Topliss-reactive ketones (excluding diaryl/α,β-unsaturated/α-hetero) is 1. The average molecular weight is 499 g/mol. The molecule has 0 spiro atoms. The number of amides is 1. The molecule has 1 N–H and O–H groups in total. The van der Waals surface area contributed by atoms with E-state index in [0.717, 1.165) is 42.8 Å². The minimum Gasteiger partial charge on any atom is -0.507 e. The van der Waals surface area contributed by atoms with E-state index in [2.05, 4.69) is 25.7 Å². The third-order valence-electron chi connectivity index (χ3n) is 6.48. The maximum atomic E-state index is 13.2. The predicted molar refractivity (Wildman–Crippen MR) is 140 cm³/mol. The van der Waals surface area contributed by atoms with Gasteiger partial charge in [0.2, 0.25) is 0 Å². The Morgan fingerprint density at radius 1 is 1.09 bits per heavy atom. The minimum absolute atomic E-state index is 0.0934. The van der Waals surface area contributed by atoms with Crippen LogP contribution in [-0.2, 0) is 9.59 Å². The standard InChI is InChI=1S/C28H35ClN2O4/c1-5-8-17-35-23-14-11-21(18-19(23)4)26(32)24-25(20-9-12-22(29)13-10-20)31(28(34)27(24)33)16-15-30(6-2)7-3/h9-14,18,25,32H,5-8,15-17H2,1-4H3/b26-24-. The second-order valence-corrected chi connectivity index (χ2v) is 9.19. The number of ketones is 1. The lowest BCUT2D eigenvalue weighted by molar-refractivity contribution is -0.140. The molecule has 1 saturated heterocycles. The summed E-state index contributed by atoms with van der Waals surface area (Å²) in [6, 6.07) is 11.7. The van der Waals surface area contributed by atoms with E-state index in [1.165, 1.54) is 0 Å². The summed E-state index contributed by atoms with van der Waals surface area (Å²) in [6.45, 7) is 11.4. The zero-order valence-electron chi connectivity index (χ0n) is 21.0. The molecule has 2 aromatic carbocycles. The van der Waals surface area contributed by atoms with Crippen LogP contribution in [0.3, 0.4) is 0 Å². The van der Waals surface area contributed by atoms with Gasteiger partial charge in [-0.15, -0.1) is 0 Å². The lowest BCUT2D eigenvalue weighted by Crippen LogP contribution is -2.38. The normalized spacial score (nSPS) is 17.4. The number of carbonyl (C=O) groups is 2. The Bertz CT molecular complexity index is 1080. The van der Waals surface area contributed by atoms with Crippen LogP contribution in [0.15, 0.2) is 48.0 Å². The Hall–Kier alpha value is -2.83. The molecule has 3 rings (SSSR count). The van der Waals surface area contributed by atoms with Gasteiger partial charge in [-0.3, -0.25) is 9.59 Å². The van der Waals surface area contributed by atoms with Gasteiger partial charge in [-0.2, -0.15) is 0 Å². The Morgan fingerprint density at radius 2 is 1.77 bits per heavy atom. The average Bonchev–Trinajstić information content (AvgIpc) is 3.10. The largest absolute Gasteiger partial charge is 0.507 e. The summed E-state index contributed by atoms with van der Waals surface area (Å²) >= 11 is 6.10. The van der Waals surface area contributed by atoms with E-state index >= 15 is 0 Å². The summed E-state index contributed by atoms with van der Waals surface area (Å²) in [5.41, 5.74) is 2.15. The van der Waals surface area contributed by atoms with Crippen LogP contribution in [0.25, 0.3) is 5.76 Å². The van der Waals surface area contributed by atoms with Gasteiger partial charge in [-0.05, 0) is 67.9 Å². The van der Waals surface area contributed by atoms with Crippen LogP contribution >= 0.6 is 11.6 Å². The van der Waals surface area contributed by atoms with Crippen LogP contribution in [0.2, 0.25) is 5.02 Å². The molecule has 0 aromatic heterocycles. The summed E-state index contributed by atoms with van der Waals surface area (Å²) < 4.78 is 5.83. The first-order valence-electron chi connectivity index (χ1n) is 12.3. The van der Waals surface area contributed by atoms with E-state index in [4.69, 9.17) is 16.3 Å². The van der Waals surface area contributed by atoms with Gasteiger partial charge >= 0.3 is 0 Å². The van der Waals surface area contributed by atoms with E-state index in [9.17, 15) is 14.7 Å². The molecular formula is C28H35ClN2O4. The van der Waals surface area contributed by atoms with Crippen molar-refractivity contribution in [2.75, 3.05) is 32.8 Å². The molecular weight excluding hydrogens is 464 g/mol. The van der Waals surface area contributed by atoms with E-state index in [1.54, 1.807) is 47.4 Å². The third kappa shape index (κ3) is 6.06. The van der Waals surface area contributed by atoms with Crippen LogP contribution in [0.5, 0.6) is 5.75 Å². The number of likely N-dealkylation sites (tertiary alicyclic amines) is 1. The quantitative estimate of drug-likeness (QED) is 0.189. The molecule has 1 atom stereocenters. The van der Waals surface area contributed by atoms with Crippen LogP contribution in [0, 0.1) is 6.92 Å². The fourth-order valence-electron chi connectivity index (χ4n) is 4.33. The monoisotopic (exact) mass is 498 g/mol. The highest BCUT2D eigenvalue weighted by molar-refractivity contribution is 6.46. The first-order chi connectivity index (χ1) is 16.8. The van der Waals surface area contributed by atoms with Crippen LogP contribution < -0.4 is 4.74 Å². The van der Waals surface area contributed by atoms with Crippen LogP contribution in [-0.4, -0.2) is 59.4 Å². The van der Waals surface area contributed by atoms with Gasteiger partial charge in [0.1, 0.15) is 11.5 Å². The summed E-state index contributed by atoms with van der Waals surface area (Å²) in [7, 11) is 0. The molecule has 7 heteroatoms. The third-order valence-corrected chi connectivity index (χ3v) is 6.73. The van der Waals surface area contributed by atoms with E-state index in [0.29, 0.717) is 30.3 Å². The van der Waals surface area contributed by atoms with Gasteiger partial charge in [0.05, 0.1) is 18.2 Å². The molecule has 6 nitrogen and oxygen atoms in total. The Kier molecular flexibility index (Phi) is 9.35. The first kappa shape index (κ1) is 26.8. The number of ether oxygens (including phenoxy) is 1. The van der Waals surface area contributed by atoms with Crippen molar-refractivity contribution in [3.63, 3.8) is 0 Å². The van der Waals surface area contributed by atoms with Crippen molar-refractivity contribution in [2.24, 2.45) is 0 Å². The van der Waals surface area contributed by atoms with Gasteiger partial charge < -0.3 is 19.6 Å². The van der Waals surface area contributed by atoms with E-state index in [1.807, 2.05) is 6.92 Å². The lowest BCUT2D eigenvalue weighted by Gasteiger charge is -2.28. The number of hydrogen-bond donors (Lipinski definition) is 1. The van der Waals surface area contributed by atoms with Crippen molar-refractivity contribution >= 4 is 29.1 Å². The van der Waals surface area contributed by atoms with E-state index < -0.39 is 17.7 Å². The Balaban J connectivity index is 2.03. The fraction of sp³-hybridized carbons (Fsp3) is 0.429. The number of benzene rings is 2. The summed E-state index contributed by atoms with van der Waals surface area (Å²) in [6.07, 6.45) is 2.00. The molecule has 1 aliphatic rings. The number of rotatable bonds is 11. The number of unbranched alkanes of at least 4 members (excludes halogenated alkanes) is 1. The highest BCUT2D eigenvalue weighted by Gasteiger charge is 2.46. The number of nitrogens with zero attached hydrogens (tertiary/aromatic N) is 2. The number of aliphatic hydroxyl groups is 1. The van der Waals surface area contributed by atoms with Gasteiger partial charge in [0.25, 0.3) is 11.7 Å². The molecule has 1 heterocycles. The fourth-order valence-corrected chi connectivity index (χ4v) is 4.46. The number of hydrogen-bond acceptors (Lipinski definition) is 5. The van der Waals surface area contributed by atoms with E-state index in [-0.39, 0.29) is 11.3 Å². The molecule has 0 radical (unpaired) electrons. The predicted octanol–water partition coefficient (Wildman–Crippen LogP) is 5.59. The molecule has 35 heavy (non-hydrogen) atoms. The second-order valence-electron chi connectivity index (χ2n) is 8.75. The molecule has 1 amide bonds. The molecule has 0 bridgehead atoms. The number of carbonyl (C=O) groups excluding carboxylic acids is 2. The molecule has 0 aliphatic carbocycles. The topological polar surface area (TPSA) is 70.1 Å². The smallest absolute Gasteiger partial charge is 0.295 e. The molecule has 0 saturated carbocycles.